The molecule has 0 saturated carbocycles. The van der Waals surface area contributed by atoms with Gasteiger partial charge in [-0.3, -0.25) is 39.7 Å². The van der Waals surface area contributed by atoms with E-state index in [1.807, 2.05) is 5.32 Å². The topological polar surface area (TPSA) is 176 Å². The van der Waals surface area contributed by atoms with Crippen LogP contribution in [0.2, 0.25) is 0 Å². The predicted molar refractivity (Wildman–Crippen MR) is 95.5 cm³/mol. The second-order valence-corrected chi connectivity index (χ2v) is 5.58. The van der Waals surface area contributed by atoms with Crippen LogP contribution in [0.25, 0.3) is 5.69 Å². The van der Waals surface area contributed by atoms with Crippen molar-refractivity contribution in [1.82, 2.24) is 9.88 Å². The molecule has 4 N–H and O–H groups in total. The van der Waals surface area contributed by atoms with Crippen LogP contribution in [0.15, 0.2) is 29.1 Å². The van der Waals surface area contributed by atoms with Gasteiger partial charge >= 0.3 is 6.09 Å². The number of rotatable bonds is 4. The Morgan fingerprint density at radius 3 is 2.64 bits per heavy atom. The molecule has 0 fully saturated rings. The average Bonchev–Trinajstić information content (AvgIpc) is 2.89. The minimum Gasteiger partial charge on any atom is -0.450 e. The number of benzene rings is 1. The number of fused-ring (bicyclic) bond motifs is 1. The van der Waals surface area contributed by atoms with E-state index < -0.39 is 34.1 Å². The summed E-state index contributed by atoms with van der Waals surface area (Å²) in [6.45, 7) is 1.64. The van der Waals surface area contributed by atoms with Gasteiger partial charge in [-0.2, -0.15) is 0 Å². The fourth-order valence-electron chi connectivity index (χ4n) is 2.74. The number of nitrogen functional groups attached to an aromatic ring is 1. The minimum atomic E-state index is -0.886. The normalized spacial score (nSPS) is 12.3. The van der Waals surface area contributed by atoms with Crippen molar-refractivity contribution in [3.8, 4) is 5.69 Å². The van der Waals surface area contributed by atoms with Crippen molar-refractivity contribution in [2.75, 3.05) is 17.7 Å². The smallest absolute Gasteiger partial charge is 0.411 e. The number of carbonyl (C=O) groups excluding carboxylic acids is 3. The molecule has 12 nitrogen and oxygen atoms in total. The zero-order chi connectivity index (χ0) is 20.6. The number of nitrogens with one attached hydrogen (secondary N) is 2. The first-order valence-corrected chi connectivity index (χ1v) is 7.88. The highest BCUT2D eigenvalue weighted by Crippen LogP contribution is 2.29. The summed E-state index contributed by atoms with van der Waals surface area (Å²) in [6.07, 6.45) is -0.886. The summed E-state index contributed by atoms with van der Waals surface area (Å²) in [6, 6.07) is 4.39. The van der Waals surface area contributed by atoms with E-state index in [4.69, 9.17) is 5.73 Å². The lowest BCUT2D eigenvalue weighted by Crippen LogP contribution is -2.24. The third-order valence-corrected chi connectivity index (χ3v) is 3.90. The van der Waals surface area contributed by atoms with Crippen LogP contribution in [0.5, 0.6) is 0 Å². The van der Waals surface area contributed by atoms with Gasteiger partial charge < -0.3 is 10.5 Å². The van der Waals surface area contributed by atoms with Crippen molar-refractivity contribution < 1.29 is 24.0 Å². The minimum absolute atomic E-state index is 0.0291. The number of nitro groups is 1. The van der Waals surface area contributed by atoms with Crippen molar-refractivity contribution in [3.05, 3.63) is 55.9 Å². The Morgan fingerprint density at radius 2 is 2.00 bits per heavy atom. The maximum atomic E-state index is 12.4. The predicted octanol–water partition coefficient (Wildman–Crippen LogP) is 0.780. The lowest BCUT2D eigenvalue weighted by atomic mass is 10.1. The van der Waals surface area contributed by atoms with E-state index in [9.17, 15) is 29.3 Å². The molecule has 0 radical (unpaired) electrons. The molecule has 0 saturated heterocycles. The van der Waals surface area contributed by atoms with Gasteiger partial charge in [-0.15, -0.1) is 0 Å². The van der Waals surface area contributed by atoms with Crippen LogP contribution >= 0.6 is 0 Å². The first-order chi connectivity index (χ1) is 13.2. The van der Waals surface area contributed by atoms with Crippen LogP contribution in [0.3, 0.4) is 0 Å². The molecule has 0 atom stereocenters. The van der Waals surface area contributed by atoms with Crippen molar-refractivity contribution >= 4 is 35.1 Å². The third kappa shape index (κ3) is 3.02. The number of nitro benzene ring substituents is 1. The quantitative estimate of drug-likeness (QED) is 0.391. The van der Waals surface area contributed by atoms with E-state index in [1.165, 1.54) is 12.1 Å². The number of hydrogen-bond donors (Lipinski definition) is 3. The van der Waals surface area contributed by atoms with Crippen LogP contribution < -0.4 is 21.9 Å². The standard InChI is InChI=1S/C16H13N5O7/c1-2-28-16(25)18-9-4-3-7(5-10(9)21(26)27)20-11(22)6-8-12(13(20)17)15(24)19-14(8)23/h3-6H,2,17H2,1H3,(H,18,25)(H,19,23,24). The maximum Gasteiger partial charge on any atom is 0.411 e. The fraction of sp³-hybridized carbons (Fsp3) is 0.125. The monoisotopic (exact) mass is 387 g/mol. The molecular weight excluding hydrogens is 374 g/mol. The average molecular weight is 387 g/mol. The molecule has 3 amide bonds. The summed E-state index contributed by atoms with van der Waals surface area (Å²) in [5.74, 6) is -1.87. The van der Waals surface area contributed by atoms with E-state index >= 15 is 0 Å². The van der Waals surface area contributed by atoms with Gasteiger partial charge in [0.25, 0.3) is 23.1 Å². The molecule has 0 unspecified atom stereocenters. The van der Waals surface area contributed by atoms with Crippen LogP contribution in [-0.2, 0) is 4.74 Å². The highest BCUT2D eigenvalue weighted by molar-refractivity contribution is 6.23. The first kappa shape index (κ1) is 18.6. The summed E-state index contributed by atoms with van der Waals surface area (Å²) < 4.78 is 5.54. The zero-order valence-corrected chi connectivity index (χ0v) is 14.3. The van der Waals surface area contributed by atoms with E-state index in [1.54, 1.807) is 6.92 Å². The fourth-order valence-corrected chi connectivity index (χ4v) is 2.74. The van der Waals surface area contributed by atoms with E-state index in [0.29, 0.717) is 0 Å². The van der Waals surface area contributed by atoms with E-state index in [2.05, 4.69) is 10.1 Å². The maximum absolute atomic E-state index is 12.4. The van der Waals surface area contributed by atoms with Crippen LogP contribution in [0, 0.1) is 10.1 Å². The number of nitrogens with zero attached hydrogens (tertiary/aromatic N) is 2. The Hall–Kier alpha value is -4.22. The number of carbonyl (C=O) groups is 3. The number of amides is 3. The Bertz CT molecular complexity index is 1110. The molecule has 3 rings (SSSR count). The highest BCUT2D eigenvalue weighted by Gasteiger charge is 2.32. The van der Waals surface area contributed by atoms with Gasteiger partial charge in [-0.1, -0.05) is 0 Å². The molecule has 144 valence electrons. The number of imide groups is 1. The van der Waals surface area contributed by atoms with Crippen molar-refractivity contribution in [2.24, 2.45) is 0 Å². The molecule has 2 heterocycles. The van der Waals surface area contributed by atoms with Gasteiger partial charge in [0.05, 0.1) is 28.3 Å². The summed E-state index contributed by atoms with van der Waals surface area (Å²) in [7, 11) is 0. The molecule has 12 heteroatoms. The lowest BCUT2D eigenvalue weighted by molar-refractivity contribution is -0.383. The largest absolute Gasteiger partial charge is 0.450 e. The van der Waals surface area contributed by atoms with Gasteiger partial charge in [0.15, 0.2) is 0 Å². The van der Waals surface area contributed by atoms with E-state index in [0.717, 1.165) is 16.7 Å². The van der Waals surface area contributed by atoms with Gasteiger partial charge in [-0.05, 0) is 19.1 Å². The second-order valence-electron chi connectivity index (χ2n) is 5.58. The van der Waals surface area contributed by atoms with Gasteiger partial charge in [0.1, 0.15) is 11.5 Å². The molecule has 0 bridgehead atoms. The molecular formula is C16H13N5O7. The zero-order valence-electron chi connectivity index (χ0n) is 14.3. The molecule has 0 aliphatic carbocycles. The molecule has 0 spiro atoms. The number of nitrogens with two attached hydrogens (primary N) is 1. The van der Waals surface area contributed by atoms with Gasteiger partial charge in [0.2, 0.25) is 0 Å². The van der Waals surface area contributed by atoms with Crippen molar-refractivity contribution in [3.63, 3.8) is 0 Å². The van der Waals surface area contributed by atoms with Crippen LogP contribution in [-0.4, -0.2) is 34.0 Å². The lowest BCUT2D eigenvalue weighted by Gasteiger charge is -2.13. The van der Waals surface area contributed by atoms with Crippen LogP contribution in [0.4, 0.5) is 22.0 Å². The Morgan fingerprint density at radius 1 is 1.29 bits per heavy atom. The number of hydrogen-bond acceptors (Lipinski definition) is 8. The summed E-state index contributed by atoms with van der Waals surface area (Å²) in [4.78, 5) is 58.2. The number of pyridine rings is 1. The molecule has 1 aromatic heterocycles. The molecule has 1 aromatic carbocycles. The highest BCUT2D eigenvalue weighted by atomic mass is 16.6. The molecule has 2 aromatic rings. The van der Waals surface area contributed by atoms with Gasteiger partial charge in [-0.25, -0.2) is 4.79 Å². The number of aromatic nitrogens is 1. The Balaban J connectivity index is 2.14. The third-order valence-electron chi connectivity index (χ3n) is 3.90. The van der Waals surface area contributed by atoms with Crippen molar-refractivity contribution in [1.29, 1.82) is 0 Å². The summed E-state index contributed by atoms with van der Waals surface area (Å²) >= 11 is 0. The van der Waals surface area contributed by atoms with E-state index in [-0.39, 0.29) is 34.9 Å². The Kier molecular flexibility index (Phi) is 4.53. The van der Waals surface area contributed by atoms with Crippen LogP contribution in [0.1, 0.15) is 27.6 Å². The Labute approximate surface area is 156 Å². The SMILES string of the molecule is CCOC(=O)Nc1ccc(-n2c(N)c3c(cc2=O)C(=O)NC3=O)cc1[N+](=O)[O-]. The number of anilines is 2. The number of ether oxygens (including phenoxy) is 1. The molecule has 1 aliphatic rings. The first-order valence-electron chi connectivity index (χ1n) is 7.88. The second kappa shape index (κ2) is 6.83. The van der Waals surface area contributed by atoms with Gasteiger partial charge in [0, 0.05) is 12.1 Å². The molecule has 1 aliphatic heterocycles. The summed E-state index contributed by atoms with van der Waals surface area (Å²) in [5.41, 5.74) is 4.05. The summed E-state index contributed by atoms with van der Waals surface area (Å²) in [5, 5.41) is 15.6. The van der Waals surface area contributed by atoms with Crippen molar-refractivity contribution in [2.45, 2.75) is 6.92 Å². The molecule has 28 heavy (non-hydrogen) atoms.